The normalized spacial score (nSPS) is 15.8. The molecule has 1 unspecified atom stereocenters. The average molecular weight is 508 g/mol. The van der Waals surface area contributed by atoms with E-state index in [1.54, 1.807) is 49.4 Å². The quantitative estimate of drug-likeness (QED) is 0.444. The van der Waals surface area contributed by atoms with Gasteiger partial charge in [-0.3, -0.25) is 9.69 Å². The second-order valence-corrected chi connectivity index (χ2v) is 9.79. The summed E-state index contributed by atoms with van der Waals surface area (Å²) in [6.07, 6.45) is 0. The third-order valence-electron chi connectivity index (χ3n) is 5.67. The van der Waals surface area contributed by atoms with Crippen LogP contribution in [0.1, 0.15) is 35.8 Å². The molecule has 1 N–H and O–H groups in total. The van der Waals surface area contributed by atoms with Gasteiger partial charge in [0.1, 0.15) is 16.7 Å². The minimum atomic E-state index is -4.25. The maximum absolute atomic E-state index is 13.7. The Labute approximate surface area is 209 Å². The van der Waals surface area contributed by atoms with Gasteiger partial charge in [-0.15, -0.1) is 0 Å². The highest BCUT2D eigenvalue weighted by Gasteiger charge is 2.47. The molecule has 1 aliphatic heterocycles. The van der Waals surface area contributed by atoms with Crippen LogP contribution in [0.25, 0.3) is 0 Å². The van der Waals surface area contributed by atoms with Gasteiger partial charge in [0.25, 0.3) is 5.91 Å². The molecule has 4 rings (SSSR count). The average Bonchev–Trinajstić information content (AvgIpc) is 3.16. The van der Waals surface area contributed by atoms with Crippen molar-refractivity contribution in [1.82, 2.24) is 0 Å². The number of aliphatic hydroxyl groups excluding tert-OH is 1. The Morgan fingerprint density at radius 2 is 1.56 bits per heavy atom. The molecule has 1 heterocycles. The van der Waals surface area contributed by atoms with Crippen LogP contribution in [-0.2, 0) is 19.4 Å². The van der Waals surface area contributed by atoms with Crippen LogP contribution in [0.5, 0.6) is 5.75 Å². The van der Waals surface area contributed by atoms with Gasteiger partial charge in [0, 0.05) is 5.69 Å². The molecule has 0 fully saturated rings. The molecule has 0 radical (unpaired) electrons. The summed E-state index contributed by atoms with van der Waals surface area (Å²) in [4.78, 5) is 26.1. The highest BCUT2D eigenvalue weighted by Crippen LogP contribution is 2.45. The second-order valence-electron chi connectivity index (χ2n) is 7.88. The number of hydrogen-bond acceptors (Lipinski definition) is 7. The molecule has 1 atom stereocenters. The van der Waals surface area contributed by atoms with Crippen molar-refractivity contribution in [3.8, 4) is 5.75 Å². The zero-order valence-electron chi connectivity index (χ0n) is 19.7. The first-order valence-electron chi connectivity index (χ1n) is 11.4. The molecular formula is C27H25NO7S. The lowest BCUT2D eigenvalue weighted by Gasteiger charge is -2.27. The van der Waals surface area contributed by atoms with Crippen molar-refractivity contribution in [1.29, 1.82) is 0 Å². The van der Waals surface area contributed by atoms with E-state index in [1.807, 2.05) is 6.92 Å². The number of nitrogens with zero attached hydrogens (tertiary/aromatic N) is 1. The molecule has 0 saturated carbocycles. The van der Waals surface area contributed by atoms with Gasteiger partial charge in [-0.1, -0.05) is 30.3 Å². The molecule has 8 nitrogen and oxygen atoms in total. The Balaban J connectivity index is 1.84. The summed E-state index contributed by atoms with van der Waals surface area (Å²) >= 11 is 0. The van der Waals surface area contributed by atoms with E-state index in [4.69, 9.17) is 9.47 Å². The number of anilines is 1. The SMILES string of the molecule is CCOC(=O)c1ccc(N2C(=O)C(O)=C(S(=O)(=O)c3ccccc3)C2c2ccc(OCC)cc2)cc1. The molecule has 3 aromatic carbocycles. The topological polar surface area (TPSA) is 110 Å². The first-order chi connectivity index (χ1) is 17.3. The summed E-state index contributed by atoms with van der Waals surface area (Å²) in [5, 5.41) is 10.9. The molecule has 0 aromatic heterocycles. The lowest BCUT2D eigenvalue weighted by molar-refractivity contribution is -0.117. The fraction of sp³-hybridized carbons (Fsp3) is 0.185. The Bertz CT molecular complexity index is 1400. The molecule has 0 spiro atoms. The first kappa shape index (κ1) is 25.0. The molecular weight excluding hydrogens is 482 g/mol. The van der Waals surface area contributed by atoms with Crippen LogP contribution in [-0.4, -0.2) is 38.6 Å². The van der Waals surface area contributed by atoms with Gasteiger partial charge in [-0.2, -0.15) is 0 Å². The maximum atomic E-state index is 13.7. The zero-order chi connectivity index (χ0) is 25.9. The summed E-state index contributed by atoms with van der Waals surface area (Å²) in [6, 6.07) is 19.1. The van der Waals surface area contributed by atoms with Crippen LogP contribution in [0.3, 0.4) is 0 Å². The number of hydrogen-bond donors (Lipinski definition) is 1. The molecule has 0 aliphatic carbocycles. The molecule has 0 bridgehead atoms. The lowest BCUT2D eigenvalue weighted by atomic mass is 10.1. The van der Waals surface area contributed by atoms with Crippen molar-refractivity contribution in [2.24, 2.45) is 0 Å². The van der Waals surface area contributed by atoms with Crippen LogP contribution < -0.4 is 9.64 Å². The predicted octanol–water partition coefficient (Wildman–Crippen LogP) is 4.59. The standard InChI is InChI=1S/C27H25NO7S/c1-3-34-21-16-12-18(13-17-21)23-25(36(32,33)22-8-6-5-7-9-22)24(29)26(30)28(23)20-14-10-19(11-15-20)27(31)35-4-2/h5-17,23,29H,3-4H2,1-2H3. The van der Waals surface area contributed by atoms with Gasteiger partial charge in [-0.25, -0.2) is 13.2 Å². The number of carbonyl (C=O) groups excluding carboxylic acids is 2. The zero-order valence-corrected chi connectivity index (χ0v) is 20.6. The predicted molar refractivity (Wildman–Crippen MR) is 134 cm³/mol. The Morgan fingerprint density at radius 3 is 2.14 bits per heavy atom. The fourth-order valence-electron chi connectivity index (χ4n) is 4.04. The number of carbonyl (C=O) groups is 2. The van der Waals surface area contributed by atoms with Crippen LogP contribution >= 0.6 is 0 Å². The van der Waals surface area contributed by atoms with E-state index in [0.717, 1.165) is 0 Å². The van der Waals surface area contributed by atoms with Gasteiger partial charge >= 0.3 is 5.97 Å². The summed E-state index contributed by atoms with van der Waals surface area (Å²) < 4.78 is 37.8. The van der Waals surface area contributed by atoms with Gasteiger partial charge in [0.2, 0.25) is 9.84 Å². The van der Waals surface area contributed by atoms with Crippen molar-refractivity contribution >= 4 is 27.4 Å². The van der Waals surface area contributed by atoms with E-state index < -0.39 is 38.4 Å². The Morgan fingerprint density at radius 1 is 0.917 bits per heavy atom. The van der Waals surface area contributed by atoms with E-state index in [2.05, 4.69) is 0 Å². The summed E-state index contributed by atoms with van der Waals surface area (Å²) in [5.74, 6) is -1.66. The van der Waals surface area contributed by atoms with Crippen molar-refractivity contribution in [2.45, 2.75) is 24.8 Å². The number of rotatable bonds is 8. The molecule has 3 aromatic rings. The van der Waals surface area contributed by atoms with Crippen molar-refractivity contribution in [3.05, 3.63) is 101 Å². The summed E-state index contributed by atoms with van der Waals surface area (Å²) in [7, 11) is -4.25. The molecule has 1 amide bonds. The maximum Gasteiger partial charge on any atom is 0.338 e. The van der Waals surface area contributed by atoms with E-state index >= 15 is 0 Å². The Hall–Kier alpha value is -4.11. The minimum Gasteiger partial charge on any atom is -0.502 e. The van der Waals surface area contributed by atoms with Crippen molar-refractivity contribution < 1.29 is 32.6 Å². The smallest absolute Gasteiger partial charge is 0.338 e. The highest BCUT2D eigenvalue weighted by atomic mass is 32.2. The molecule has 1 aliphatic rings. The number of ether oxygens (including phenoxy) is 2. The van der Waals surface area contributed by atoms with E-state index in [1.165, 1.54) is 41.3 Å². The number of sulfone groups is 1. The summed E-state index contributed by atoms with van der Waals surface area (Å²) in [6.45, 7) is 4.20. The first-order valence-corrected chi connectivity index (χ1v) is 12.8. The molecule has 9 heteroatoms. The second kappa shape index (κ2) is 10.2. The number of aliphatic hydroxyl groups is 1. The third kappa shape index (κ3) is 4.57. The molecule has 36 heavy (non-hydrogen) atoms. The van der Waals surface area contributed by atoms with Crippen LogP contribution in [0.2, 0.25) is 0 Å². The third-order valence-corrected chi connectivity index (χ3v) is 7.56. The monoisotopic (exact) mass is 507 g/mol. The summed E-state index contributed by atoms with van der Waals surface area (Å²) in [5.41, 5.74) is 1.04. The molecule has 186 valence electrons. The lowest BCUT2D eigenvalue weighted by Crippen LogP contribution is -2.31. The number of esters is 1. The molecule has 0 saturated heterocycles. The van der Waals surface area contributed by atoms with E-state index in [-0.39, 0.29) is 17.1 Å². The van der Waals surface area contributed by atoms with E-state index in [0.29, 0.717) is 23.6 Å². The van der Waals surface area contributed by atoms with Gasteiger partial charge in [0.15, 0.2) is 5.76 Å². The van der Waals surface area contributed by atoms with Gasteiger partial charge < -0.3 is 14.6 Å². The van der Waals surface area contributed by atoms with Crippen molar-refractivity contribution in [3.63, 3.8) is 0 Å². The largest absolute Gasteiger partial charge is 0.502 e. The minimum absolute atomic E-state index is 0.0465. The Kier molecular flexibility index (Phi) is 7.12. The van der Waals surface area contributed by atoms with Crippen LogP contribution in [0.4, 0.5) is 5.69 Å². The van der Waals surface area contributed by atoms with Gasteiger partial charge in [0.05, 0.1) is 23.7 Å². The number of amides is 1. The highest BCUT2D eigenvalue weighted by molar-refractivity contribution is 7.95. The van der Waals surface area contributed by atoms with Crippen LogP contribution in [0.15, 0.2) is 94.4 Å². The van der Waals surface area contributed by atoms with Crippen molar-refractivity contribution in [2.75, 3.05) is 18.1 Å². The van der Waals surface area contributed by atoms with Gasteiger partial charge in [-0.05, 0) is 67.9 Å². The fourth-order valence-corrected chi connectivity index (χ4v) is 5.68. The number of benzene rings is 3. The van der Waals surface area contributed by atoms with E-state index in [9.17, 15) is 23.1 Å². The van der Waals surface area contributed by atoms with Crippen LogP contribution in [0, 0.1) is 0 Å².